The Labute approximate surface area is 123 Å². The first-order valence-corrected chi connectivity index (χ1v) is 6.39. The molecule has 0 aliphatic heterocycles. The van der Waals surface area contributed by atoms with Crippen molar-refractivity contribution in [3.63, 3.8) is 0 Å². The third-order valence-corrected chi connectivity index (χ3v) is 2.82. The van der Waals surface area contributed by atoms with Crippen LogP contribution in [0, 0.1) is 0 Å². The molecule has 1 aromatic carbocycles. The summed E-state index contributed by atoms with van der Waals surface area (Å²) < 4.78 is 9.54. The van der Waals surface area contributed by atoms with E-state index in [2.05, 4.69) is 20.4 Å². The number of pyridine rings is 1. The van der Waals surface area contributed by atoms with Crippen LogP contribution in [0.4, 0.5) is 16.2 Å². The lowest BCUT2D eigenvalue weighted by Gasteiger charge is -2.08. The summed E-state index contributed by atoms with van der Waals surface area (Å²) in [5.41, 5.74) is 2.67. The molecule has 2 aromatic rings. The van der Waals surface area contributed by atoms with Crippen LogP contribution in [0.15, 0.2) is 42.6 Å². The van der Waals surface area contributed by atoms with Gasteiger partial charge in [0.05, 0.1) is 14.2 Å². The van der Waals surface area contributed by atoms with E-state index in [1.807, 2.05) is 24.3 Å². The Bertz CT molecular complexity index is 582. The Hall–Kier alpha value is -2.76. The highest BCUT2D eigenvalue weighted by molar-refractivity contribution is 5.84. The minimum absolute atomic E-state index is 0.486. The lowest BCUT2D eigenvalue weighted by molar-refractivity contribution is 0.187. The molecule has 21 heavy (non-hydrogen) atoms. The van der Waals surface area contributed by atoms with Gasteiger partial charge >= 0.3 is 6.09 Å². The molecule has 0 aliphatic rings. The van der Waals surface area contributed by atoms with E-state index in [0.717, 1.165) is 11.3 Å². The monoisotopic (exact) mass is 287 g/mol. The van der Waals surface area contributed by atoms with Crippen molar-refractivity contribution in [3.8, 4) is 5.88 Å². The van der Waals surface area contributed by atoms with Gasteiger partial charge < -0.3 is 14.8 Å². The van der Waals surface area contributed by atoms with Crippen molar-refractivity contribution in [1.82, 2.24) is 4.98 Å². The fourth-order valence-corrected chi connectivity index (χ4v) is 1.68. The molecule has 0 unspecified atom stereocenters. The number of ether oxygens (including phenoxy) is 2. The number of anilines is 2. The van der Waals surface area contributed by atoms with Gasteiger partial charge in [0.2, 0.25) is 5.88 Å². The highest BCUT2D eigenvalue weighted by Gasteiger charge is 2.00. The molecule has 0 saturated carbocycles. The largest absolute Gasteiger partial charge is 0.481 e. The molecule has 0 aliphatic carbocycles. The van der Waals surface area contributed by atoms with E-state index in [9.17, 15) is 4.79 Å². The summed E-state index contributed by atoms with van der Waals surface area (Å²) in [6.07, 6.45) is 1.28. The van der Waals surface area contributed by atoms with E-state index in [4.69, 9.17) is 4.74 Å². The molecule has 6 nitrogen and oxygen atoms in total. The number of aromatic nitrogens is 1. The van der Waals surface area contributed by atoms with Gasteiger partial charge in [0.1, 0.15) is 0 Å². The predicted molar refractivity (Wildman–Crippen MR) is 80.6 cm³/mol. The SMILES string of the molecule is COC(=O)Nc1ccc(NCc2ccc(OC)nc2)cc1. The highest BCUT2D eigenvalue weighted by Crippen LogP contribution is 2.15. The van der Waals surface area contributed by atoms with Crippen molar-refractivity contribution in [2.45, 2.75) is 6.54 Å². The molecule has 0 spiro atoms. The normalized spacial score (nSPS) is 9.81. The number of benzene rings is 1. The Kier molecular flexibility index (Phi) is 4.98. The van der Waals surface area contributed by atoms with Crippen LogP contribution in [0.1, 0.15) is 5.56 Å². The van der Waals surface area contributed by atoms with Crippen LogP contribution < -0.4 is 15.4 Å². The zero-order valence-corrected chi connectivity index (χ0v) is 11.9. The second-order valence-electron chi connectivity index (χ2n) is 4.26. The lowest BCUT2D eigenvalue weighted by Crippen LogP contribution is -2.10. The van der Waals surface area contributed by atoms with Gasteiger partial charge in [-0.1, -0.05) is 6.07 Å². The van der Waals surface area contributed by atoms with Crippen molar-refractivity contribution in [3.05, 3.63) is 48.2 Å². The minimum Gasteiger partial charge on any atom is -0.481 e. The smallest absolute Gasteiger partial charge is 0.411 e. The Morgan fingerprint density at radius 1 is 1.10 bits per heavy atom. The number of hydrogen-bond donors (Lipinski definition) is 2. The van der Waals surface area contributed by atoms with Gasteiger partial charge in [-0.3, -0.25) is 5.32 Å². The maximum Gasteiger partial charge on any atom is 0.411 e. The van der Waals surface area contributed by atoms with Crippen molar-refractivity contribution >= 4 is 17.5 Å². The molecule has 6 heteroatoms. The van der Waals surface area contributed by atoms with Gasteiger partial charge in [-0.15, -0.1) is 0 Å². The van der Waals surface area contributed by atoms with E-state index in [-0.39, 0.29) is 0 Å². The standard InChI is InChI=1S/C15H17N3O3/c1-20-14-8-3-11(10-17-14)9-16-12-4-6-13(7-5-12)18-15(19)21-2/h3-8,10,16H,9H2,1-2H3,(H,18,19). The fraction of sp³-hybridized carbons (Fsp3) is 0.200. The van der Waals surface area contributed by atoms with Crippen LogP contribution in [0.2, 0.25) is 0 Å². The first-order chi connectivity index (χ1) is 10.2. The fourth-order valence-electron chi connectivity index (χ4n) is 1.68. The number of nitrogens with zero attached hydrogens (tertiary/aromatic N) is 1. The van der Waals surface area contributed by atoms with Gasteiger partial charge in [0, 0.05) is 30.2 Å². The topological polar surface area (TPSA) is 72.5 Å². The Balaban J connectivity index is 1.89. The summed E-state index contributed by atoms with van der Waals surface area (Å²) in [5, 5.41) is 5.86. The van der Waals surface area contributed by atoms with Crippen molar-refractivity contribution in [2.75, 3.05) is 24.9 Å². The highest BCUT2D eigenvalue weighted by atomic mass is 16.5. The Morgan fingerprint density at radius 3 is 2.38 bits per heavy atom. The molecule has 2 rings (SSSR count). The van der Waals surface area contributed by atoms with Crippen LogP contribution in [0.25, 0.3) is 0 Å². The number of amides is 1. The first kappa shape index (κ1) is 14.6. The average Bonchev–Trinajstić information content (AvgIpc) is 2.54. The summed E-state index contributed by atoms with van der Waals surface area (Å²) in [5.74, 6) is 0.594. The van der Waals surface area contributed by atoms with E-state index >= 15 is 0 Å². The maximum atomic E-state index is 11.1. The third-order valence-electron chi connectivity index (χ3n) is 2.82. The molecule has 0 radical (unpaired) electrons. The summed E-state index contributed by atoms with van der Waals surface area (Å²) in [6, 6.07) is 11.1. The maximum absolute atomic E-state index is 11.1. The lowest BCUT2D eigenvalue weighted by atomic mass is 10.2. The number of nitrogens with one attached hydrogen (secondary N) is 2. The molecular formula is C15H17N3O3. The summed E-state index contributed by atoms with van der Waals surface area (Å²) in [4.78, 5) is 15.2. The molecular weight excluding hydrogens is 270 g/mol. The number of carbonyl (C=O) groups excluding carboxylic acids is 1. The Morgan fingerprint density at radius 2 is 1.81 bits per heavy atom. The molecule has 1 amide bonds. The second kappa shape index (κ2) is 7.14. The zero-order valence-electron chi connectivity index (χ0n) is 11.9. The molecule has 1 heterocycles. The molecule has 0 atom stereocenters. The molecule has 1 aromatic heterocycles. The van der Waals surface area contributed by atoms with Crippen LogP contribution in [-0.2, 0) is 11.3 Å². The van der Waals surface area contributed by atoms with Gasteiger partial charge in [0.15, 0.2) is 0 Å². The van der Waals surface area contributed by atoms with Crippen molar-refractivity contribution < 1.29 is 14.3 Å². The summed E-state index contributed by atoms with van der Waals surface area (Å²) in [7, 11) is 2.91. The quantitative estimate of drug-likeness (QED) is 0.884. The summed E-state index contributed by atoms with van der Waals surface area (Å²) in [6.45, 7) is 0.654. The number of rotatable bonds is 5. The number of carbonyl (C=O) groups is 1. The van der Waals surface area contributed by atoms with Gasteiger partial charge in [0.25, 0.3) is 0 Å². The summed E-state index contributed by atoms with van der Waals surface area (Å²) >= 11 is 0. The minimum atomic E-state index is -0.486. The molecule has 0 fully saturated rings. The zero-order chi connectivity index (χ0) is 15.1. The van der Waals surface area contributed by atoms with E-state index in [1.54, 1.807) is 25.4 Å². The van der Waals surface area contributed by atoms with Crippen molar-refractivity contribution in [2.24, 2.45) is 0 Å². The van der Waals surface area contributed by atoms with Crippen LogP contribution in [-0.4, -0.2) is 25.3 Å². The van der Waals surface area contributed by atoms with E-state index < -0.39 is 6.09 Å². The van der Waals surface area contributed by atoms with Gasteiger partial charge in [-0.2, -0.15) is 0 Å². The predicted octanol–water partition coefficient (Wildman–Crippen LogP) is 2.88. The van der Waals surface area contributed by atoms with Crippen LogP contribution in [0.3, 0.4) is 0 Å². The van der Waals surface area contributed by atoms with Crippen molar-refractivity contribution in [1.29, 1.82) is 0 Å². The van der Waals surface area contributed by atoms with Crippen LogP contribution in [0.5, 0.6) is 5.88 Å². The molecule has 0 bridgehead atoms. The van der Waals surface area contributed by atoms with Gasteiger partial charge in [-0.05, 0) is 29.8 Å². The molecule has 2 N–H and O–H groups in total. The van der Waals surface area contributed by atoms with Gasteiger partial charge in [-0.25, -0.2) is 9.78 Å². The second-order valence-corrected chi connectivity index (χ2v) is 4.26. The van der Waals surface area contributed by atoms with E-state index in [1.165, 1.54) is 7.11 Å². The average molecular weight is 287 g/mol. The molecule has 110 valence electrons. The number of methoxy groups -OCH3 is 2. The third kappa shape index (κ3) is 4.38. The van der Waals surface area contributed by atoms with Crippen LogP contribution >= 0.6 is 0 Å². The first-order valence-electron chi connectivity index (χ1n) is 6.39. The number of hydrogen-bond acceptors (Lipinski definition) is 5. The molecule has 0 saturated heterocycles. The van der Waals surface area contributed by atoms with E-state index in [0.29, 0.717) is 18.1 Å².